The van der Waals surface area contributed by atoms with E-state index in [1.165, 1.54) is 17.0 Å². The molecule has 0 aliphatic carbocycles. The third-order valence-electron chi connectivity index (χ3n) is 5.19. The predicted molar refractivity (Wildman–Crippen MR) is 97.3 cm³/mol. The number of H-pyrrole nitrogens is 1. The molecular formula is C19H15N5O4. The molecule has 0 saturated carbocycles. The van der Waals surface area contributed by atoms with Gasteiger partial charge in [-0.1, -0.05) is 6.07 Å². The van der Waals surface area contributed by atoms with Gasteiger partial charge in [0.15, 0.2) is 5.54 Å². The monoisotopic (exact) mass is 377 g/mol. The second-order valence-electron chi connectivity index (χ2n) is 6.94. The highest BCUT2D eigenvalue weighted by Gasteiger charge is 2.51. The zero-order chi connectivity index (χ0) is 19.5. The first-order valence-electron chi connectivity index (χ1n) is 8.65. The third kappa shape index (κ3) is 2.26. The number of fused-ring (bicyclic) bond motifs is 2. The third-order valence-corrected chi connectivity index (χ3v) is 5.19. The molecule has 0 bridgehead atoms. The number of phenols is 1. The predicted octanol–water partition coefficient (Wildman–Crippen LogP) is 0.959. The number of nitrogens with zero attached hydrogens (tertiary/aromatic N) is 2. The molecular weight excluding hydrogens is 362 g/mol. The number of phenolic OH excluding ortho intramolecular Hbond substituents is 1. The van der Waals surface area contributed by atoms with E-state index in [-0.39, 0.29) is 24.7 Å². The number of amides is 4. The van der Waals surface area contributed by atoms with E-state index >= 15 is 0 Å². The zero-order valence-corrected chi connectivity index (χ0v) is 14.5. The van der Waals surface area contributed by atoms with Crippen LogP contribution in [0.25, 0.3) is 11.0 Å². The fraction of sp³-hybridized carbons (Fsp3) is 0.158. The maximum absolute atomic E-state index is 12.8. The topological polar surface area (TPSA) is 127 Å². The van der Waals surface area contributed by atoms with Gasteiger partial charge in [-0.05, 0) is 35.9 Å². The summed E-state index contributed by atoms with van der Waals surface area (Å²) in [5.41, 5.74) is 0.694. The Balaban J connectivity index is 1.56. The van der Waals surface area contributed by atoms with Crippen molar-refractivity contribution < 1.29 is 19.5 Å². The molecule has 2 aromatic heterocycles. The van der Waals surface area contributed by atoms with Crippen molar-refractivity contribution in [2.24, 2.45) is 0 Å². The number of carbonyl (C=O) groups is 3. The van der Waals surface area contributed by atoms with E-state index in [0.29, 0.717) is 16.9 Å². The van der Waals surface area contributed by atoms with Crippen LogP contribution in [0.3, 0.4) is 0 Å². The van der Waals surface area contributed by atoms with Gasteiger partial charge >= 0.3 is 6.03 Å². The highest BCUT2D eigenvalue weighted by atomic mass is 16.3. The average Bonchev–Trinajstić information content (AvgIpc) is 3.31. The maximum atomic E-state index is 12.8. The molecule has 3 aromatic rings. The first-order valence-corrected chi connectivity index (χ1v) is 8.65. The molecule has 0 spiro atoms. The molecule has 1 fully saturated rings. The van der Waals surface area contributed by atoms with Crippen LogP contribution in [0.1, 0.15) is 21.6 Å². The van der Waals surface area contributed by atoms with Crippen LogP contribution in [0, 0.1) is 0 Å². The Bertz CT molecular complexity index is 1140. The van der Waals surface area contributed by atoms with E-state index in [0.717, 1.165) is 10.9 Å². The molecule has 0 radical (unpaired) electrons. The van der Waals surface area contributed by atoms with Crippen LogP contribution in [0.15, 0.2) is 42.6 Å². The molecule has 1 atom stereocenters. The number of nitrogens with one attached hydrogen (secondary N) is 3. The Hall–Kier alpha value is -3.88. The summed E-state index contributed by atoms with van der Waals surface area (Å²) in [6.45, 7) is 0.212. The first-order chi connectivity index (χ1) is 13.5. The van der Waals surface area contributed by atoms with Gasteiger partial charge in [0.05, 0.1) is 12.2 Å². The van der Waals surface area contributed by atoms with Gasteiger partial charge in [0.1, 0.15) is 11.4 Å². The fourth-order valence-corrected chi connectivity index (χ4v) is 3.83. The summed E-state index contributed by atoms with van der Waals surface area (Å²) >= 11 is 0. The minimum Gasteiger partial charge on any atom is -0.508 e. The number of benzene rings is 1. The van der Waals surface area contributed by atoms with Crippen LogP contribution in [0.4, 0.5) is 4.79 Å². The van der Waals surface area contributed by atoms with Crippen LogP contribution >= 0.6 is 0 Å². The zero-order valence-electron chi connectivity index (χ0n) is 14.5. The van der Waals surface area contributed by atoms with E-state index in [4.69, 9.17) is 0 Å². The van der Waals surface area contributed by atoms with E-state index < -0.39 is 17.5 Å². The fourth-order valence-electron chi connectivity index (χ4n) is 3.83. The van der Waals surface area contributed by atoms with E-state index in [9.17, 15) is 19.5 Å². The van der Waals surface area contributed by atoms with Crippen LogP contribution in [0.2, 0.25) is 0 Å². The van der Waals surface area contributed by atoms with Crippen LogP contribution < -0.4 is 10.6 Å². The summed E-state index contributed by atoms with van der Waals surface area (Å²) < 4.78 is 0. The van der Waals surface area contributed by atoms with Crippen molar-refractivity contribution in [2.45, 2.75) is 12.1 Å². The van der Waals surface area contributed by atoms with Gasteiger partial charge in [-0.2, -0.15) is 0 Å². The first kappa shape index (κ1) is 16.3. The van der Waals surface area contributed by atoms with Crippen LogP contribution in [0.5, 0.6) is 5.75 Å². The van der Waals surface area contributed by atoms with Gasteiger partial charge in [0.2, 0.25) is 0 Å². The number of hydrogen-bond acceptors (Lipinski definition) is 5. The van der Waals surface area contributed by atoms with Gasteiger partial charge in [0, 0.05) is 23.7 Å². The minimum atomic E-state index is -1.46. The largest absolute Gasteiger partial charge is 0.508 e. The molecule has 4 N–H and O–H groups in total. The highest BCUT2D eigenvalue weighted by Crippen LogP contribution is 2.32. The summed E-state index contributed by atoms with van der Waals surface area (Å²) in [4.78, 5) is 46.4. The van der Waals surface area contributed by atoms with Gasteiger partial charge < -0.3 is 20.3 Å². The number of aromatic nitrogens is 2. The van der Waals surface area contributed by atoms with Gasteiger partial charge in [-0.3, -0.25) is 14.9 Å². The second-order valence-corrected chi connectivity index (χ2v) is 6.94. The molecule has 9 nitrogen and oxygen atoms in total. The molecule has 4 heterocycles. The quantitative estimate of drug-likeness (QED) is 0.506. The summed E-state index contributed by atoms with van der Waals surface area (Å²) in [6.07, 6.45) is 1.62. The van der Waals surface area contributed by atoms with Gasteiger partial charge in [-0.15, -0.1) is 0 Å². The average molecular weight is 377 g/mol. The molecule has 1 saturated heterocycles. The van der Waals surface area contributed by atoms with Crippen molar-refractivity contribution >= 4 is 28.9 Å². The Morgan fingerprint density at radius 1 is 1.18 bits per heavy atom. The smallest absolute Gasteiger partial charge is 0.322 e. The molecule has 5 rings (SSSR count). The molecule has 2 aliphatic rings. The SMILES string of the molecule is O=C1NC(=O)[C@](CN2Cc3ccc(O)cc3C2=O)(c2cc3cccnc3[nH]2)N1. The number of aromatic amines is 1. The molecule has 2 aliphatic heterocycles. The number of hydrogen-bond donors (Lipinski definition) is 4. The molecule has 9 heteroatoms. The number of imide groups is 1. The maximum Gasteiger partial charge on any atom is 0.322 e. The molecule has 0 unspecified atom stereocenters. The summed E-state index contributed by atoms with van der Waals surface area (Å²) in [5, 5.41) is 15.4. The van der Waals surface area contributed by atoms with Crippen molar-refractivity contribution in [3.8, 4) is 5.75 Å². The lowest BCUT2D eigenvalue weighted by atomic mass is 9.94. The van der Waals surface area contributed by atoms with Gasteiger partial charge in [-0.25, -0.2) is 9.78 Å². The molecule has 4 amide bonds. The number of carbonyl (C=O) groups excluding carboxylic acids is 3. The summed E-state index contributed by atoms with van der Waals surface area (Å²) in [6, 6.07) is 9.32. The van der Waals surface area contributed by atoms with Crippen molar-refractivity contribution in [3.05, 3.63) is 59.4 Å². The molecule has 1 aromatic carbocycles. The standard InChI is InChI=1S/C19H15N5O4/c25-12-4-3-11-8-24(16(26)13(11)7-12)9-19(17(27)22-18(28)23-19)14-6-10-2-1-5-20-15(10)21-14/h1-7,25H,8-9H2,(H,20,21)(H2,22,23,27,28)/t19-/m0/s1. The number of aromatic hydroxyl groups is 1. The summed E-state index contributed by atoms with van der Waals surface area (Å²) in [5.74, 6) is -0.860. The number of rotatable bonds is 3. The molecule has 140 valence electrons. The summed E-state index contributed by atoms with van der Waals surface area (Å²) in [7, 11) is 0. The highest BCUT2D eigenvalue weighted by molar-refractivity contribution is 6.08. The Morgan fingerprint density at radius 3 is 2.79 bits per heavy atom. The number of pyridine rings is 1. The van der Waals surface area contributed by atoms with Gasteiger partial charge in [0.25, 0.3) is 11.8 Å². The minimum absolute atomic E-state index is 0.00253. The van der Waals surface area contributed by atoms with Crippen molar-refractivity contribution in [1.29, 1.82) is 0 Å². The normalized spacial score (nSPS) is 21.1. The van der Waals surface area contributed by atoms with Crippen molar-refractivity contribution in [3.63, 3.8) is 0 Å². The second kappa shape index (κ2) is 5.56. The lowest BCUT2D eigenvalue weighted by molar-refractivity contribution is -0.124. The Kier molecular flexibility index (Phi) is 3.24. The van der Waals surface area contributed by atoms with E-state index in [2.05, 4.69) is 20.6 Å². The van der Waals surface area contributed by atoms with Crippen LogP contribution in [-0.2, 0) is 16.9 Å². The Morgan fingerprint density at radius 2 is 2.04 bits per heavy atom. The lowest BCUT2D eigenvalue weighted by Crippen LogP contribution is -2.53. The van der Waals surface area contributed by atoms with Crippen molar-refractivity contribution in [2.75, 3.05) is 6.54 Å². The van der Waals surface area contributed by atoms with E-state index in [1.807, 2.05) is 6.07 Å². The van der Waals surface area contributed by atoms with E-state index in [1.54, 1.807) is 24.4 Å². The Labute approximate surface area is 158 Å². The van der Waals surface area contributed by atoms with Crippen molar-refractivity contribution in [1.82, 2.24) is 25.5 Å². The number of urea groups is 1. The van der Waals surface area contributed by atoms with Crippen LogP contribution in [-0.4, -0.2) is 44.4 Å². The lowest BCUT2D eigenvalue weighted by Gasteiger charge is -2.30. The molecule has 28 heavy (non-hydrogen) atoms.